The van der Waals surface area contributed by atoms with E-state index in [1.54, 1.807) is 0 Å². The third-order valence-electron chi connectivity index (χ3n) is 9.60. The molecule has 3 aliphatic carbocycles. The predicted octanol–water partition coefficient (Wildman–Crippen LogP) is 12.1. The lowest BCUT2D eigenvalue weighted by atomic mass is 9.64. The standard InChI is InChI=1S/C47H40/c1-3-5-7-9-10-11-13-21-36-29-31-44-46(36)42-26-18-19-27-43(42)47(44,41-30-28-35-20-14-15-23-38(35)33-41)45-34-39-24-17-16-22-37(39)32-40(45)25-12-8-6-4-2/h3-14,16-22,24-34,36H,2,15,23H2,1H3/b5-3+,8-6-,9-7-,11-10-,21-13+,25-12-. The number of fused-ring (bicyclic) bond motifs is 4. The number of hydrogen-bond donors (Lipinski definition) is 0. The van der Waals surface area contributed by atoms with Gasteiger partial charge < -0.3 is 0 Å². The second kappa shape index (κ2) is 13.5. The van der Waals surface area contributed by atoms with Crippen LogP contribution < -0.4 is 0 Å². The van der Waals surface area contributed by atoms with Crippen LogP contribution in [0.3, 0.4) is 0 Å². The van der Waals surface area contributed by atoms with Gasteiger partial charge in [0.2, 0.25) is 0 Å². The van der Waals surface area contributed by atoms with E-state index in [4.69, 9.17) is 0 Å². The molecule has 0 radical (unpaired) electrons. The molecular weight excluding hydrogens is 565 g/mol. The quantitative estimate of drug-likeness (QED) is 0.167. The summed E-state index contributed by atoms with van der Waals surface area (Å²) in [5.41, 5.74) is 11.6. The van der Waals surface area contributed by atoms with Gasteiger partial charge in [-0.1, -0.05) is 177 Å². The van der Waals surface area contributed by atoms with Gasteiger partial charge in [-0.3, -0.25) is 0 Å². The Morgan fingerprint density at radius 2 is 1.49 bits per heavy atom. The van der Waals surface area contributed by atoms with Gasteiger partial charge in [0, 0.05) is 5.92 Å². The van der Waals surface area contributed by atoms with Crippen molar-refractivity contribution in [1.82, 2.24) is 0 Å². The summed E-state index contributed by atoms with van der Waals surface area (Å²) >= 11 is 0. The smallest absolute Gasteiger partial charge is 0.0716 e. The highest BCUT2D eigenvalue weighted by molar-refractivity contribution is 5.95. The van der Waals surface area contributed by atoms with Gasteiger partial charge in [-0.25, -0.2) is 0 Å². The average Bonchev–Trinajstić information content (AvgIpc) is 3.66. The van der Waals surface area contributed by atoms with Crippen LogP contribution in [0.1, 0.15) is 52.3 Å². The highest BCUT2D eigenvalue weighted by atomic mass is 14.5. The summed E-state index contributed by atoms with van der Waals surface area (Å²) in [6.07, 6.45) is 38.8. The van der Waals surface area contributed by atoms with Gasteiger partial charge in [-0.05, 0) is 92.8 Å². The summed E-state index contributed by atoms with van der Waals surface area (Å²) in [4.78, 5) is 0. The van der Waals surface area contributed by atoms with Crippen LogP contribution in [0.4, 0.5) is 0 Å². The molecule has 0 aliphatic heterocycles. The van der Waals surface area contributed by atoms with Crippen molar-refractivity contribution in [3.8, 4) is 0 Å². The molecule has 0 fully saturated rings. The molecule has 7 rings (SSSR count). The van der Waals surface area contributed by atoms with Crippen LogP contribution in [-0.4, -0.2) is 0 Å². The molecule has 2 unspecified atom stereocenters. The molecule has 0 heteroatoms. The molecule has 0 amide bonds. The van der Waals surface area contributed by atoms with Crippen LogP contribution >= 0.6 is 0 Å². The number of benzene rings is 4. The molecule has 3 aliphatic rings. The van der Waals surface area contributed by atoms with E-state index in [0.29, 0.717) is 0 Å². The van der Waals surface area contributed by atoms with Gasteiger partial charge >= 0.3 is 0 Å². The first kappa shape index (κ1) is 30.2. The predicted molar refractivity (Wildman–Crippen MR) is 204 cm³/mol. The van der Waals surface area contributed by atoms with E-state index in [-0.39, 0.29) is 5.92 Å². The van der Waals surface area contributed by atoms with Crippen LogP contribution in [0.15, 0.2) is 182 Å². The highest BCUT2D eigenvalue weighted by Gasteiger charge is 2.50. The lowest BCUT2D eigenvalue weighted by Gasteiger charge is -2.37. The van der Waals surface area contributed by atoms with Gasteiger partial charge in [-0.15, -0.1) is 0 Å². The van der Waals surface area contributed by atoms with Crippen molar-refractivity contribution in [3.05, 3.63) is 221 Å². The molecule has 0 bridgehead atoms. The minimum atomic E-state index is -0.474. The Hall–Kier alpha value is -5.46. The highest BCUT2D eigenvalue weighted by Crippen LogP contribution is 2.60. The Morgan fingerprint density at radius 3 is 2.34 bits per heavy atom. The van der Waals surface area contributed by atoms with Crippen LogP contribution in [0.2, 0.25) is 0 Å². The fraction of sp³-hybridized carbons (Fsp3) is 0.106. The summed E-state index contributed by atoms with van der Waals surface area (Å²) in [6, 6.07) is 29.9. The molecule has 2 atom stereocenters. The lowest BCUT2D eigenvalue weighted by Crippen LogP contribution is -2.30. The fourth-order valence-corrected chi connectivity index (χ4v) is 7.57. The largest absolute Gasteiger partial charge is 0.0991 e. The van der Waals surface area contributed by atoms with Gasteiger partial charge in [-0.2, -0.15) is 0 Å². The minimum Gasteiger partial charge on any atom is -0.0991 e. The molecule has 0 aromatic heterocycles. The zero-order chi connectivity index (χ0) is 32.1. The summed E-state index contributed by atoms with van der Waals surface area (Å²) in [7, 11) is 0. The minimum absolute atomic E-state index is 0.188. The molecule has 0 saturated carbocycles. The van der Waals surface area contributed by atoms with E-state index in [2.05, 4.69) is 164 Å². The molecule has 0 N–H and O–H groups in total. The molecule has 4 aromatic carbocycles. The molecule has 0 nitrogen and oxygen atoms in total. The maximum absolute atomic E-state index is 3.87. The number of aryl methyl sites for hydroxylation is 1. The van der Waals surface area contributed by atoms with Crippen LogP contribution in [0.5, 0.6) is 0 Å². The van der Waals surface area contributed by atoms with Crippen molar-refractivity contribution in [2.45, 2.75) is 25.2 Å². The normalized spacial score (nSPS) is 20.3. The van der Waals surface area contributed by atoms with Crippen molar-refractivity contribution >= 4 is 28.5 Å². The first-order valence-electron chi connectivity index (χ1n) is 16.7. The van der Waals surface area contributed by atoms with Crippen LogP contribution in [-0.2, 0) is 11.8 Å². The Balaban J connectivity index is 1.50. The SMILES string of the molecule is C=C/C=C\C=C/c1cc2ccccc2cc1C1(c2ccc3c(c2)CCC=C3)C2=C(c3ccccc31)C(/C=C/C=C\C=C/C=C/C)C=C2. The summed E-state index contributed by atoms with van der Waals surface area (Å²) < 4.78 is 0. The molecular formula is C47H40. The molecule has 0 spiro atoms. The van der Waals surface area contributed by atoms with E-state index >= 15 is 0 Å². The van der Waals surface area contributed by atoms with Gasteiger partial charge in [0.1, 0.15) is 0 Å². The lowest BCUT2D eigenvalue weighted by molar-refractivity contribution is 0.758. The maximum atomic E-state index is 3.87. The molecule has 228 valence electrons. The van der Waals surface area contributed by atoms with E-state index in [9.17, 15) is 0 Å². The Labute approximate surface area is 279 Å². The summed E-state index contributed by atoms with van der Waals surface area (Å²) in [6.45, 7) is 5.90. The monoisotopic (exact) mass is 604 g/mol. The van der Waals surface area contributed by atoms with Crippen LogP contribution in [0, 0.1) is 5.92 Å². The van der Waals surface area contributed by atoms with E-state index in [1.807, 2.05) is 31.2 Å². The molecule has 0 saturated heterocycles. The first-order valence-corrected chi connectivity index (χ1v) is 16.7. The number of hydrogen-bond acceptors (Lipinski definition) is 0. The van der Waals surface area contributed by atoms with Crippen molar-refractivity contribution in [3.63, 3.8) is 0 Å². The Kier molecular flexibility index (Phi) is 8.67. The second-order valence-electron chi connectivity index (χ2n) is 12.3. The molecule has 0 heterocycles. The van der Waals surface area contributed by atoms with Crippen molar-refractivity contribution in [1.29, 1.82) is 0 Å². The fourth-order valence-electron chi connectivity index (χ4n) is 7.57. The van der Waals surface area contributed by atoms with Gasteiger partial charge in [0.15, 0.2) is 0 Å². The topological polar surface area (TPSA) is 0 Å². The summed E-state index contributed by atoms with van der Waals surface area (Å²) in [5, 5.41) is 2.50. The average molecular weight is 605 g/mol. The van der Waals surface area contributed by atoms with E-state index < -0.39 is 5.41 Å². The molecule has 4 aromatic rings. The van der Waals surface area contributed by atoms with Gasteiger partial charge in [0.25, 0.3) is 0 Å². The number of rotatable bonds is 9. The second-order valence-corrected chi connectivity index (χ2v) is 12.3. The molecule has 47 heavy (non-hydrogen) atoms. The third kappa shape index (κ3) is 5.51. The van der Waals surface area contributed by atoms with Crippen molar-refractivity contribution < 1.29 is 0 Å². The zero-order valence-corrected chi connectivity index (χ0v) is 27.0. The Bertz CT molecular complexity index is 2110. The van der Waals surface area contributed by atoms with Gasteiger partial charge in [0.05, 0.1) is 5.41 Å². The number of allylic oxidation sites excluding steroid dienone is 17. The maximum Gasteiger partial charge on any atom is 0.0716 e. The zero-order valence-electron chi connectivity index (χ0n) is 27.0. The Morgan fingerprint density at radius 1 is 0.723 bits per heavy atom. The van der Waals surface area contributed by atoms with E-state index in [0.717, 1.165) is 12.8 Å². The van der Waals surface area contributed by atoms with Crippen molar-refractivity contribution in [2.24, 2.45) is 5.92 Å². The van der Waals surface area contributed by atoms with E-state index in [1.165, 1.54) is 60.9 Å². The summed E-state index contributed by atoms with van der Waals surface area (Å²) in [5.74, 6) is 0.188. The van der Waals surface area contributed by atoms with Crippen molar-refractivity contribution in [2.75, 3.05) is 0 Å². The third-order valence-corrected chi connectivity index (χ3v) is 9.60. The first-order chi connectivity index (χ1) is 23.3. The van der Waals surface area contributed by atoms with Crippen LogP contribution in [0.25, 0.3) is 28.5 Å².